The fourth-order valence-corrected chi connectivity index (χ4v) is 6.79. The highest BCUT2D eigenvalue weighted by molar-refractivity contribution is 6.31. The summed E-state index contributed by atoms with van der Waals surface area (Å²) < 4.78 is 5.70. The van der Waals surface area contributed by atoms with Gasteiger partial charge in [-0.05, 0) is 79.5 Å². The van der Waals surface area contributed by atoms with E-state index in [-0.39, 0.29) is 23.1 Å². The summed E-state index contributed by atoms with van der Waals surface area (Å²) >= 11 is 6.76. The van der Waals surface area contributed by atoms with Crippen LogP contribution in [0.15, 0.2) is 30.0 Å². The molecule has 6 rings (SSSR count). The number of carbonyl (C=O) groups excluding carboxylic acids is 1. The third kappa shape index (κ3) is 3.56. The molecule has 34 heavy (non-hydrogen) atoms. The predicted octanol–water partition coefficient (Wildman–Crippen LogP) is 5.63. The van der Waals surface area contributed by atoms with Gasteiger partial charge in [-0.25, -0.2) is 4.79 Å². The molecule has 1 aromatic rings. The zero-order valence-electron chi connectivity index (χ0n) is 20.5. The molecule has 4 aliphatic carbocycles. The molecule has 4 fully saturated rings. The number of nitrogens with one attached hydrogen (secondary N) is 1. The Morgan fingerprint density at radius 1 is 1.29 bits per heavy atom. The second-order valence-electron chi connectivity index (χ2n) is 12.2. The third-order valence-electron chi connectivity index (χ3n) is 8.65. The number of amides is 2. The number of carboxylic acid groups (broad SMARTS) is 1. The van der Waals surface area contributed by atoms with Gasteiger partial charge < -0.3 is 15.2 Å². The van der Waals surface area contributed by atoms with Crippen LogP contribution in [0.5, 0.6) is 0 Å². The Morgan fingerprint density at radius 3 is 2.59 bits per heavy atom. The van der Waals surface area contributed by atoms with Crippen LogP contribution in [0.4, 0.5) is 4.79 Å². The van der Waals surface area contributed by atoms with Crippen molar-refractivity contribution < 1.29 is 19.4 Å². The van der Waals surface area contributed by atoms with Crippen molar-refractivity contribution in [1.82, 2.24) is 10.2 Å². The van der Waals surface area contributed by atoms with Crippen LogP contribution < -0.4 is 5.32 Å². The number of hydrogen-bond acceptors (Lipinski definition) is 3. The Balaban J connectivity index is 1.46. The maximum Gasteiger partial charge on any atom is 0.322 e. The molecule has 1 aromatic carbocycles. The van der Waals surface area contributed by atoms with Crippen molar-refractivity contribution in [2.24, 2.45) is 10.8 Å². The molecule has 1 heterocycles. The van der Waals surface area contributed by atoms with E-state index in [0.29, 0.717) is 19.3 Å². The second-order valence-corrected chi connectivity index (χ2v) is 12.6. The van der Waals surface area contributed by atoms with Crippen LogP contribution in [-0.4, -0.2) is 40.8 Å². The molecule has 2 amide bonds. The zero-order chi connectivity index (χ0) is 24.5. The Morgan fingerprint density at radius 2 is 2.00 bits per heavy atom. The van der Waals surface area contributed by atoms with Crippen molar-refractivity contribution in [1.29, 1.82) is 0 Å². The van der Waals surface area contributed by atoms with Crippen molar-refractivity contribution in [3.05, 3.63) is 46.1 Å². The van der Waals surface area contributed by atoms with Crippen LogP contribution >= 0.6 is 11.6 Å². The average molecular weight is 487 g/mol. The van der Waals surface area contributed by atoms with E-state index in [9.17, 15) is 14.7 Å². The van der Waals surface area contributed by atoms with Gasteiger partial charge >= 0.3 is 12.0 Å². The van der Waals surface area contributed by atoms with Crippen molar-refractivity contribution in [3.8, 4) is 0 Å². The molecule has 0 saturated heterocycles. The van der Waals surface area contributed by atoms with E-state index in [2.05, 4.69) is 38.2 Å². The lowest BCUT2D eigenvalue weighted by Gasteiger charge is -2.71. The van der Waals surface area contributed by atoms with Gasteiger partial charge in [-0.15, -0.1) is 0 Å². The lowest BCUT2D eigenvalue weighted by Crippen LogP contribution is -2.78. The SMILES string of the molecule is CO[C@H]1CCC2(c3ccc(CCC(C)(C)C)c(Cl)c3)NC(=O)N(C34CC(C(=O)O)(C3)C4)C=C2C1. The molecule has 5 aliphatic rings. The standard InChI is InChI=1S/C27H35ClN2O4/c1-24(2,3)9-7-17-5-6-18(12-21(17)28)27-10-8-20(34-4)11-19(27)13-30(23(33)29-27)26-14-25(15-26,16-26)22(31)32/h5-6,12-13,20H,7-11,14-16H2,1-4H3,(H,29,33)(H,31,32)/t20-,25?,26?,27?/m0/s1. The lowest BCUT2D eigenvalue weighted by atomic mass is 9.38. The first-order valence-corrected chi connectivity index (χ1v) is 12.7. The second kappa shape index (κ2) is 7.72. The number of hydrogen-bond donors (Lipinski definition) is 2. The normalized spacial score (nSPS) is 34.4. The number of halogens is 1. The number of carboxylic acids is 1. The van der Waals surface area contributed by atoms with Crippen molar-refractivity contribution in [2.45, 2.75) is 89.3 Å². The number of benzene rings is 1. The number of rotatable bonds is 6. The third-order valence-corrected chi connectivity index (χ3v) is 9.00. The average Bonchev–Trinajstić information content (AvgIpc) is 2.70. The number of aliphatic carboxylic acids is 1. The van der Waals surface area contributed by atoms with Crippen LogP contribution in [0.3, 0.4) is 0 Å². The largest absolute Gasteiger partial charge is 0.481 e. The van der Waals surface area contributed by atoms with Crippen molar-refractivity contribution >= 4 is 23.6 Å². The van der Waals surface area contributed by atoms with Gasteiger partial charge in [0.25, 0.3) is 0 Å². The molecular weight excluding hydrogens is 452 g/mol. The van der Waals surface area contributed by atoms with Gasteiger partial charge in [-0.1, -0.05) is 44.5 Å². The maximum atomic E-state index is 13.4. The molecule has 2 bridgehead atoms. The van der Waals surface area contributed by atoms with Gasteiger partial charge in [0, 0.05) is 18.3 Å². The molecule has 2 N–H and O–H groups in total. The number of ether oxygens (including phenoxy) is 1. The summed E-state index contributed by atoms with van der Waals surface area (Å²) in [4.78, 5) is 26.8. The summed E-state index contributed by atoms with van der Waals surface area (Å²) in [5.41, 5.74) is 1.87. The maximum absolute atomic E-state index is 13.4. The van der Waals surface area contributed by atoms with E-state index < -0.39 is 16.9 Å². The van der Waals surface area contributed by atoms with Gasteiger partial charge in [0.05, 0.1) is 22.6 Å². The summed E-state index contributed by atoms with van der Waals surface area (Å²) in [5.74, 6) is -0.743. The van der Waals surface area contributed by atoms with Crippen LogP contribution in [-0.2, 0) is 21.5 Å². The van der Waals surface area contributed by atoms with E-state index in [1.165, 1.54) is 0 Å². The van der Waals surface area contributed by atoms with Crippen LogP contribution in [0, 0.1) is 10.8 Å². The summed E-state index contributed by atoms with van der Waals surface area (Å²) in [7, 11) is 1.73. The summed E-state index contributed by atoms with van der Waals surface area (Å²) in [6, 6.07) is 6.10. The Labute approximate surface area is 206 Å². The highest BCUT2D eigenvalue weighted by Crippen LogP contribution is 2.70. The molecule has 184 valence electrons. The number of aryl methyl sites for hydroxylation is 1. The van der Waals surface area contributed by atoms with Gasteiger partial charge in [0.15, 0.2) is 0 Å². The summed E-state index contributed by atoms with van der Waals surface area (Å²) in [5, 5.41) is 13.6. The molecular formula is C27H35ClN2O4. The number of nitrogens with zero attached hydrogens (tertiary/aromatic N) is 1. The smallest absolute Gasteiger partial charge is 0.322 e. The molecule has 1 unspecified atom stereocenters. The van der Waals surface area contributed by atoms with E-state index in [0.717, 1.165) is 53.8 Å². The first-order valence-electron chi connectivity index (χ1n) is 12.3. The Hall–Kier alpha value is -2.05. The first kappa shape index (κ1) is 23.7. The van der Waals surface area contributed by atoms with Gasteiger partial charge in [-0.2, -0.15) is 0 Å². The molecule has 0 aromatic heterocycles. The number of methoxy groups -OCH3 is 1. The highest BCUT2D eigenvalue weighted by Gasteiger charge is 2.75. The van der Waals surface area contributed by atoms with Crippen LogP contribution in [0.1, 0.15) is 76.8 Å². The number of fused-ring (bicyclic) bond motifs is 1. The van der Waals surface area contributed by atoms with Crippen molar-refractivity contribution in [2.75, 3.05) is 7.11 Å². The predicted molar refractivity (Wildman–Crippen MR) is 131 cm³/mol. The molecule has 4 saturated carbocycles. The van der Waals surface area contributed by atoms with Gasteiger partial charge in [0.1, 0.15) is 0 Å². The summed E-state index contributed by atoms with van der Waals surface area (Å²) in [6.07, 6.45) is 7.93. The van der Waals surface area contributed by atoms with Crippen molar-refractivity contribution in [3.63, 3.8) is 0 Å². The van der Waals surface area contributed by atoms with E-state index in [4.69, 9.17) is 16.3 Å². The number of carbonyl (C=O) groups is 2. The van der Waals surface area contributed by atoms with E-state index in [1.54, 1.807) is 12.0 Å². The fourth-order valence-electron chi connectivity index (χ4n) is 6.52. The fraction of sp³-hybridized carbons (Fsp3) is 0.630. The monoisotopic (exact) mass is 486 g/mol. The minimum atomic E-state index is -0.743. The quantitative estimate of drug-likeness (QED) is 0.546. The topological polar surface area (TPSA) is 78.9 Å². The van der Waals surface area contributed by atoms with Crippen LogP contribution in [0.2, 0.25) is 5.02 Å². The van der Waals surface area contributed by atoms with E-state index in [1.807, 2.05) is 12.3 Å². The van der Waals surface area contributed by atoms with Gasteiger partial charge in [-0.3, -0.25) is 9.69 Å². The minimum absolute atomic E-state index is 0.0937. The van der Waals surface area contributed by atoms with Crippen LogP contribution in [0.25, 0.3) is 0 Å². The molecule has 6 nitrogen and oxygen atoms in total. The highest BCUT2D eigenvalue weighted by atomic mass is 35.5. The van der Waals surface area contributed by atoms with Gasteiger partial charge in [0.2, 0.25) is 0 Å². The Bertz CT molecular complexity index is 1060. The van der Waals surface area contributed by atoms with E-state index >= 15 is 0 Å². The first-order chi connectivity index (χ1) is 15.9. The minimum Gasteiger partial charge on any atom is -0.481 e. The number of urea groups is 1. The summed E-state index contributed by atoms with van der Waals surface area (Å²) in [6.45, 7) is 6.69. The molecule has 2 atom stereocenters. The molecule has 1 aliphatic heterocycles. The molecule has 0 spiro atoms. The lowest BCUT2D eigenvalue weighted by molar-refractivity contribution is -0.215. The molecule has 0 radical (unpaired) electrons. The Kier molecular flexibility index (Phi) is 5.38. The molecule has 7 heteroatoms. The zero-order valence-corrected chi connectivity index (χ0v) is 21.3.